The van der Waals surface area contributed by atoms with Crippen molar-refractivity contribution in [3.63, 3.8) is 0 Å². The van der Waals surface area contributed by atoms with Crippen molar-refractivity contribution < 1.29 is 14.4 Å². The summed E-state index contributed by atoms with van der Waals surface area (Å²) in [4.78, 5) is 40.9. The van der Waals surface area contributed by atoms with Crippen LogP contribution in [0.3, 0.4) is 0 Å². The molecule has 178 valence electrons. The summed E-state index contributed by atoms with van der Waals surface area (Å²) >= 11 is 0. The molecule has 2 aliphatic rings. The minimum absolute atomic E-state index is 0.0256. The van der Waals surface area contributed by atoms with Crippen molar-refractivity contribution in [2.75, 3.05) is 6.54 Å². The summed E-state index contributed by atoms with van der Waals surface area (Å²) < 4.78 is 0. The van der Waals surface area contributed by atoms with E-state index in [4.69, 9.17) is 0 Å². The van der Waals surface area contributed by atoms with Crippen LogP contribution >= 0.6 is 0 Å². The number of hydrogen-bond donors (Lipinski definition) is 1. The van der Waals surface area contributed by atoms with Gasteiger partial charge in [-0.05, 0) is 51.4 Å². The molecule has 4 atom stereocenters. The Labute approximate surface area is 189 Å². The zero-order valence-corrected chi connectivity index (χ0v) is 20.7. The number of unbranched alkanes of at least 4 members (excludes halogenated alkanes) is 3. The lowest BCUT2D eigenvalue weighted by Crippen LogP contribution is -2.61. The fourth-order valence-electron chi connectivity index (χ4n) is 6.03. The maximum atomic E-state index is 13.2. The molecule has 2 rings (SSSR count). The van der Waals surface area contributed by atoms with Gasteiger partial charge in [0.25, 0.3) is 5.91 Å². The monoisotopic (exact) mass is 435 g/mol. The number of piperidine rings is 1. The number of hydrogen-bond acceptors (Lipinski definition) is 3. The van der Waals surface area contributed by atoms with Gasteiger partial charge in [0.05, 0.1) is 0 Å². The molecule has 6 heteroatoms. The maximum Gasteiger partial charge on any atom is 0.325 e. The number of amides is 4. The van der Waals surface area contributed by atoms with Crippen molar-refractivity contribution in [3.05, 3.63) is 0 Å². The van der Waals surface area contributed by atoms with Crippen LogP contribution in [0.1, 0.15) is 106 Å². The molecular formula is C25H45N3O3. The van der Waals surface area contributed by atoms with E-state index in [1.165, 1.54) is 37.0 Å². The van der Waals surface area contributed by atoms with Crippen molar-refractivity contribution in [1.82, 2.24) is 15.1 Å². The summed E-state index contributed by atoms with van der Waals surface area (Å²) in [7, 11) is 0. The molecule has 4 unspecified atom stereocenters. The van der Waals surface area contributed by atoms with E-state index < -0.39 is 5.54 Å². The number of nitrogens with zero attached hydrogens (tertiary/aromatic N) is 2. The van der Waals surface area contributed by atoms with E-state index in [2.05, 4.69) is 26.1 Å². The molecule has 0 saturated carbocycles. The summed E-state index contributed by atoms with van der Waals surface area (Å²) in [6, 6.07) is -0.390. The van der Waals surface area contributed by atoms with Gasteiger partial charge in [-0.1, -0.05) is 59.3 Å². The number of nitrogens with one attached hydrogen (secondary N) is 1. The number of rotatable bonds is 11. The van der Waals surface area contributed by atoms with Gasteiger partial charge in [0.1, 0.15) is 5.54 Å². The Morgan fingerprint density at radius 2 is 1.61 bits per heavy atom. The highest BCUT2D eigenvalue weighted by Gasteiger charge is 2.55. The van der Waals surface area contributed by atoms with Crippen molar-refractivity contribution in [1.29, 1.82) is 0 Å². The first kappa shape index (κ1) is 25.7. The number of imide groups is 1. The minimum atomic E-state index is -0.841. The van der Waals surface area contributed by atoms with Crippen LogP contribution < -0.4 is 5.32 Å². The average molecular weight is 436 g/mol. The molecule has 6 nitrogen and oxygen atoms in total. The summed E-state index contributed by atoms with van der Waals surface area (Å²) in [5.74, 6) is 1.52. The normalized spacial score (nSPS) is 28.2. The molecule has 0 aromatic heterocycles. The molecule has 1 spiro atoms. The molecule has 0 bridgehead atoms. The Bertz CT molecular complexity index is 624. The highest BCUT2D eigenvalue weighted by Crippen LogP contribution is 2.36. The lowest BCUT2D eigenvalue weighted by atomic mass is 9.80. The quantitative estimate of drug-likeness (QED) is 0.362. The van der Waals surface area contributed by atoms with Crippen LogP contribution in [0.4, 0.5) is 4.79 Å². The molecular weight excluding hydrogens is 390 g/mol. The van der Waals surface area contributed by atoms with E-state index in [0.717, 1.165) is 31.1 Å². The van der Waals surface area contributed by atoms with E-state index in [1.807, 2.05) is 18.7 Å². The van der Waals surface area contributed by atoms with Crippen LogP contribution in [0.2, 0.25) is 0 Å². The molecule has 0 aliphatic carbocycles. The van der Waals surface area contributed by atoms with Gasteiger partial charge in [-0.2, -0.15) is 0 Å². The first-order chi connectivity index (χ1) is 14.6. The summed E-state index contributed by atoms with van der Waals surface area (Å²) in [6.07, 6.45) is 10.4. The number of likely N-dealkylation sites (tertiary alicyclic amines) is 1. The maximum absolute atomic E-state index is 13.2. The highest BCUT2D eigenvalue weighted by molar-refractivity contribution is 6.07. The van der Waals surface area contributed by atoms with E-state index in [9.17, 15) is 14.4 Å². The van der Waals surface area contributed by atoms with E-state index in [-0.39, 0.29) is 29.9 Å². The van der Waals surface area contributed by atoms with Crippen LogP contribution in [-0.4, -0.2) is 51.8 Å². The predicted octanol–water partition coefficient (Wildman–Crippen LogP) is 5.11. The van der Waals surface area contributed by atoms with Gasteiger partial charge >= 0.3 is 6.03 Å². The van der Waals surface area contributed by atoms with E-state index in [1.54, 1.807) is 6.92 Å². The van der Waals surface area contributed by atoms with Crippen LogP contribution in [-0.2, 0) is 9.59 Å². The fourth-order valence-corrected chi connectivity index (χ4v) is 6.03. The van der Waals surface area contributed by atoms with Gasteiger partial charge in [0, 0.05) is 25.6 Å². The SMILES string of the molecule is CCCC(C)CC(C)CCCCCCN1C(=O)NC2(CC(C)N(C(C)=O)C(C)C2)C1=O. The van der Waals surface area contributed by atoms with E-state index >= 15 is 0 Å². The molecule has 0 aromatic rings. The Hall–Kier alpha value is -1.59. The Kier molecular flexibility index (Phi) is 9.38. The Balaban J connectivity index is 1.75. The summed E-state index contributed by atoms with van der Waals surface area (Å²) in [5.41, 5.74) is -0.841. The van der Waals surface area contributed by atoms with Gasteiger partial charge < -0.3 is 10.2 Å². The first-order valence-corrected chi connectivity index (χ1v) is 12.5. The summed E-state index contributed by atoms with van der Waals surface area (Å²) in [6.45, 7) is 13.0. The standard InChI is InChI=1S/C25H45N3O3/c1-7-12-18(2)15-19(3)13-10-8-9-11-14-27-23(30)25(26-24(27)31)16-20(4)28(22(6)29)21(5)17-25/h18-21H,7-17H2,1-6H3,(H,26,31). The van der Waals surface area contributed by atoms with Crippen LogP contribution in [0.25, 0.3) is 0 Å². The van der Waals surface area contributed by atoms with Crippen molar-refractivity contribution in [3.8, 4) is 0 Å². The Morgan fingerprint density at radius 1 is 1.03 bits per heavy atom. The number of carbonyl (C=O) groups is 3. The lowest BCUT2D eigenvalue weighted by molar-refractivity contribution is -0.143. The van der Waals surface area contributed by atoms with Crippen molar-refractivity contribution in [2.45, 2.75) is 123 Å². The van der Waals surface area contributed by atoms with E-state index in [0.29, 0.717) is 19.4 Å². The molecule has 2 heterocycles. The second-order valence-corrected chi connectivity index (χ2v) is 10.4. The third-order valence-corrected chi connectivity index (χ3v) is 7.26. The molecule has 0 aromatic carbocycles. The lowest BCUT2D eigenvalue weighted by Gasteiger charge is -2.46. The summed E-state index contributed by atoms with van der Waals surface area (Å²) in [5, 5.41) is 2.98. The minimum Gasteiger partial charge on any atom is -0.337 e. The molecule has 2 saturated heterocycles. The molecule has 2 aliphatic heterocycles. The molecule has 0 radical (unpaired) electrons. The van der Waals surface area contributed by atoms with Crippen molar-refractivity contribution >= 4 is 17.8 Å². The Morgan fingerprint density at radius 3 is 2.19 bits per heavy atom. The molecule has 2 fully saturated rings. The smallest absolute Gasteiger partial charge is 0.325 e. The third-order valence-electron chi connectivity index (χ3n) is 7.26. The molecule has 1 N–H and O–H groups in total. The van der Waals surface area contributed by atoms with Gasteiger partial charge in [-0.25, -0.2) is 4.79 Å². The van der Waals surface area contributed by atoms with Crippen LogP contribution in [0.15, 0.2) is 0 Å². The molecule has 31 heavy (non-hydrogen) atoms. The zero-order valence-electron chi connectivity index (χ0n) is 20.7. The third kappa shape index (κ3) is 6.45. The second-order valence-electron chi connectivity index (χ2n) is 10.4. The van der Waals surface area contributed by atoms with Gasteiger partial charge in [-0.3, -0.25) is 14.5 Å². The number of carbonyl (C=O) groups excluding carboxylic acids is 3. The number of urea groups is 1. The van der Waals surface area contributed by atoms with Gasteiger partial charge in [0.2, 0.25) is 5.91 Å². The zero-order chi connectivity index (χ0) is 23.2. The fraction of sp³-hybridized carbons (Fsp3) is 0.880. The largest absolute Gasteiger partial charge is 0.337 e. The van der Waals surface area contributed by atoms with Crippen LogP contribution in [0, 0.1) is 11.8 Å². The van der Waals surface area contributed by atoms with Crippen LogP contribution in [0.5, 0.6) is 0 Å². The topological polar surface area (TPSA) is 69.7 Å². The second kappa shape index (κ2) is 11.3. The average Bonchev–Trinajstić information content (AvgIpc) is 2.86. The highest BCUT2D eigenvalue weighted by atomic mass is 16.2. The van der Waals surface area contributed by atoms with Crippen molar-refractivity contribution in [2.24, 2.45) is 11.8 Å². The van der Waals surface area contributed by atoms with Gasteiger partial charge in [0.15, 0.2) is 0 Å². The van der Waals surface area contributed by atoms with Gasteiger partial charge in [-0.15, -0.1) is 0 Å². The predicted molar refractivity (Wildman–Crippen MR) is 125 cm³/mol. The first-order valence-electron chi connectivity index (χ1n) is 12.5. The molecule has 4 amide bonds.